The third kappa shape index (κ3) is 5.09. The summed E-state index contributed by atoms with van der Waals surface area (Å²) in [5.41, 5.74) is 1.30. The summed E-state index contributed by atoms with van der Waals surface area (Å²) in [5, 5.41) is 5.31. The van der Waals surface area contributed by atoms with Gasteiger partial charge in [0.25, 0.3) is 0 Å². The molecule has 1 rings (SSSR count). The SMILES string of the molecule is CC(=O)NCCN(C(C)=O)c1cccc(NC(C)=O)c1. The highest BCUT2D eigenvalue weighted by atomic mass is 16.2. The molecule has 3 amide bonds. The summed E-state index contributed by atoms with van der Waals surface area (Å²) in [7, 11) is 0. The normalized spacial score (nSPS) is 9.75. The number of nitrogens with one attached hydrogen (secondary N) is 2. The number of hydrogen-bond acceptors (Lipinski definition) is 3. The number of anilines is 2. The van der Waals surface area contributed by atoms with Crippen LogP contribution >= 0.6 is 0 Å². The van der Waals surface area contributed by atoms with Gasteiger partial charge in [0.1, 0.15) is 0 Å². The van der Waals surface area contributed by atoms with Gasteiger partial charge in [-0.05, 0) is 18.2 Å². The molecule has 0 bridgehead atoms. The molecule has 2 N–H and O–H groups in total. The van der Waals surface area contributed by atoms with E-state index in [1.807, 2.05) is 0 Å². The Bertz CT molecular complexity index is 514. The third-order valence-corrected chi connectivity index (χ3v) is 2.57. The molecule has 0 aromatic heterocycles. The number of rotatable bonds is 5. The Balaban J connectivity index is 2.83. The van der Waals surface area contributed by atoms with Gasteiger partial charge in [0.2, 0.25) is 17.7 Å². The predicted molar refractivity (Wildman–Crippen MR) is 77.5 cm³/mol. The van der Waals surface area contributed by atoms with Crippen molar-refractivity contribution in [2.45, 2.75) is 20.8 Å². The number of benzene rings is 1. The molecule has 1 aromatic rings. The van der Waals surface area contributed by atoms with Crippen LogP contribution in [0.2, 0.25) is 0 Å². The molecule has 20 heavy (non-hydrogen) atoms. The van der Waals surface area contributed by atoms with Gasteiger partial charge in [0.15, 0.2) is 0 Å². The lowest BCUT2D eigenvalue weighted by Gasteiger charge is -2.22. The van der Waals surface area contributed by atoms with Crippen LogP contribution in [0, 0.1) is 0 Å². The standard InChI is InChI=1S/C14H19N3O3/c1-10(18)15-7-8-17(12(3)20)14-6-4-5-13(9-14)16-11(2)19/h4-6,9H,7-8H2,1-3H3,(H,15,18)(H,16,19). The molecule has 0 saturated carbocycles. The van der Waals surface area contributed by atoms with Crippen molar-refractivity contribution in [2.24, 2.45) is 0 Å². The van der Waals surface area contributed by atoms with E-state index in [0.717, 1.165) is 0 Å². The quantitative estimate of drug-likeness (QED) is 0.847. The van der Waals surface area contributed by atoms with Crippen LogP contribution in [0.15, 0.2) is 24.3 Å². The van der Waals surface area contributed by atoms with E-state index in [9.17, 15) is 14.4 Å². The van der Waals surface area contributed by atoms with Crippen LogP contribution in [0.5, 0.6) is 0 Å². The van der Waals surface area contributed by atoms with Crippen molar-refractivity contribution in [3.05, 3.63) is 24.3 Å². The molecule has 6 heteroatoms. The highest BCUT2D eigenvalue weighted by molar-refractivity contribution is 5.94. The molecule has 0 spiro atoms. The third-order valence-electron chi connectivity index (χ3n) is 2.57. The summed E-state index contributed by atoms with van der Waals surface area (Å²) in [5.74, 6) is -0.439. The molecule has 0 atom stereocenters. The zero-order chi connectivity index (χ0) is 15.1. The molecule has 0 fully saturated rings. The molecule has 0 saturated heterocycles. The number of nitrogens with zero attached hydrogens (tertiary/aromatic N) is 1. The average molecular weight is 277 g/mol. The van der Waals surface area contributed by atoms with Crippen LogP contribution in [-0.2, 0) is 14.4 Å². The average Bonchev–Trinajstić information content (AvgIpc) is 2.33. The van der Waals surface area contributed by atoms with Crippen LogP contribution in [-0.4, -0.2) is 30.8 Å². The van der Waals surface area contributed by atoms with Crippen molar-refractivity contribution < 1.29 is 14.4 Å². The topological polar surface area (TPSA) is 78.5 Å². The van der Waals surface area contributed by atoms with E-state index in [2.05, 4.69) is 10.6 Å². The minimum Gasteiger partial charge on any atom is -0.355 e. The van der Waals surface area contributed by atoms with E-state index in [-0.39, 0.29) is 17.7 Å². The molecule has 0 radical (unpaired) electrons. The second-order valence-electron chi connectivity index (χ2n) is 4.39. The van der Waals surface area contributed by atoms with Crippen molar-refractivity contribution in [3.63, 3.8) is 0 Å². The smallest absolute Gasteiger partial charge is 0.223 e. The van der Waals surface area contributed by atoms with Crippen LogP contribution in [0.25, 0.3) is 0 Å². The van der Waals surface area contributed by atoms with Gasteiger partial charge in [0.05, 0.1) is 0 Å². The summed E-state index contributed by atoms with van der Waals surface area (Å²) in [6.07, 6.45) is 0. The van der Waals surface area contributed by atoms with Gasteiger partial charge in [-0.1, -0.05) is 6.07 Å². The van der Waals surface area contributed by atoms with E-state index in [0.29, 0.717) is 24.5 Å². The van der Waals surface area contributed by atoms with Crippen molar-refractivity contribution in [1.29, 1.82) is 0 Å². The fourth-order valence-electron chi connectivity index (χ4n) is 1.77. The van der Waals surface area contributed by atoms with Gasteiger partial charge < -0.3 is 15.5 Å². The van der Waals surface area contributed by atoms with Gasteiger partial charge in [0, 0.05) is 45.2 Å². The van der Waals surface area contributed by atoms with Crippen LogP contribution < -0.4 is 15.5 Å². The summed E-state index contributed by atoms with van der Waals surface area (Å²) in [6, 6.07) is 7.00. The Morgan fingerprint density at radius 3 is 2.35 bits per heavy atom. The largest absolute Gasteiger partial charge is 0.355 e. The first-order chi connectivity index (χ1) is 9.40. The fraction of sp³-hybridized carbons (Fsp3) is 0.357. The summed E-state index contributed by atoms with van der Waals surface area (Å²) >= 11 is 0. The van der Waals surface area contributed by atoms with E-state index < -0.39 is 0 Å². The monoisotopic (exact) mass is 277 g/mol. The lowest BCUT2D eigenvalue weighted by Crippen LogP contribution is -2.36. The molecule has 108 valence electrons. The first kappa shape index (κ1) is 15.7. The van der Waals surface area contributed by atoms with Crippen LogP contribution in [0.1, 0.15) is 20.8 Å². The van der Waals surface area contributed by atoms with E-state index >= 15 is 0 Å². The molecule has 0 aliphatic heterocycles. The zero-order valence-corrected chi connectivity index (χ0v) is 11.9. The summed E-state index contributed by atoms with van der Waals surface area (Å²) in [4.78, 5) is 35.1. The lowest BCUT2D eigenvalue weighted by molar-refractivity contribution is -0.119. The highest BCUT2D eigenvalue weighted by Crippen LogP contribution is 2.19. The van der Waals surface area contributed by atoms with Gasteiger partial charge in [-0.15, -0.1) is 0 Å². The second-order valence-corrected chi connectivity index (χ2v) is 4.39. The Morgan fingerprint density at radius 2 is 1.80 bits per heavy atom. The zero-order valence-electron chi connectivity index (χ0n) is 11.9. The fourth-order valence-corrected chi connectivity index (χ4v) is 1.77. The van der Waals surface area contributed by atoms with Crippen LogP contribution in [0.4, 0.5) is 11.4 Å². The highest BCUT2D eigenvalue weighted by Gasteiger charge is 2.12. The molecule has 6 nitrogen and oxygen atoms in total. The maximum absolute atomic E-state index is 11.7. The van der Waals surface area contributed by atoms with Gasteiger partial charge in [-0.2, -0.15) is 0 Å². The maximum atomic E-state index is 11.7. The van der Waals surface area contributed by atoms with E-state index in [1.54, 1.807) is 29.2 Å². The Hall–Kier alpha value is -2.37. The van der Waals surface area contributed by atoms with Gasteiger partial charge in [-0.25, -0.2) is 0 Å². The molecule has 0 aliphatic carbocycles. The first-order valence-electron chi connectivity index (χ1n) is 6.30. The summed E-state index contributed by atoms with van der Waals surface area (Å²) < 4.78 is 0. The minimum absolute atomic E-state index is 0.129. The molecule has 0 aliphatic rings. The number of amides is 3. The number of hydrogen-bond donors (Lipinski definition) is 2. The van der Waals surface area contributed by atoms with Crippen LogP contribution in [0.3, 0.4) is 0 Å². The van der Waals surface area contributed by atoms with E-state index in [4.69, 9.17) is 0 Å². The van der Waals surface area contributed by atoms with Crippen molar-refractivity contribution in [1.82, 2.24) is 5.32 Å². The molecular weight excluding hydrogens is 258 g/mol. The predicted octanol–water partition coefficient (Wildman–Crippen LogP) is 1.13. The van der Waals surface area contributed by atoms with Crippen molar-refractivity contribution in [3.8, 4) is 0 Å². The molecule has 0 heterocycles. The van der Waals surface area contributed by atoms with Crippen molar-refractivity contribution >= 4 is 29.1 Å². The van der Waals surface area contributed by atoms with Gasteiger partial charge in [-0.3, -0.25) is 14.4 Å². The molecule has 0 unspecified atom stereocenters. The number of carbonyl (C=O) groups is 3. The van der Waals surface area contributed by atoms with E-state index in [1.165, 1.54) is 20.8 Å². The second kappa shape index (κ2) is 7.28. The Labute approximate surface area is 118 Å². The Kier molecular flexibility index (Phi) is 5.71. The van der Waals surface area contributed by atoms with Crippen molar-refractivity contribution in [2.75, 3.05) is 23.3 Å². The lowest BCUT2D eigenvalue weighted by atomic mass is 10.2. The first-order valence-corrected chi connectivity index (χ1v) is 6.30. The number of carbonyl (C=O) groups excluding carboxylic acids is 3. The minimum atomic E-state index is -0.172. The molecular formula is C14H19N3O3. The Morgan fingerprint density at radius 1 is 1.10 bits per heavy atom. The molecule has 1 aromatic carbocycles. The maximum Gasteiger partial charge on any atom is 0.223 e. The summed E-state index contributed by atoms with van der Waals surface area (Å²) in [6.45, 7) is 5.05. The van der Waals surface area contributed by atoms with Gasteiger partial charge >= 0.3 is 0 Å².